The molecular formula is C14H31NO4. The Morgan fingerprint density at radius 3 is 1.84 bits per heavy atom. The van der Waals surface area contributed by atoms with Crippen LogP contribution in [0.4, 0.5) is 0 Å². The molecular weight excluding hydrogens is 246 g/mol. The van der Waals surface area contributed by atoms with Crippen LogP contribution in [0.15, 0.2) is 0 Å². The summed E-state index contributed by atoms with van der Waals surface area (Å²) in [4.78, 5) is 0. The second kappa shape index (κ2) is 11.6. The van der Waals surface area contributed by atoms with Crippen molar-refractivity contribution in [1.82, 2.24) is 0 Å². The van der Waals surface area contributed by atoms with Gasteiger partial charge in [0.25, 0.3) is 0 Å². The first-order valence-corrected chi connectivity index (χ1v) is 7.35. The van der Waals surface area contributed by atoms with E-state index in [1.165, 1.54) is 0 Å². The number of hydrogen-bond acceptors (Lipinski definition) is 5. The highest BCUT2D eigenvalue weighted by Gasteiger charge is 2.36. The van der Waals surface area contributed by atoms with Gasteiger partial charge < -0.3 is 25.1 Å². The molecule has 3 N–H and O–H groups in total. The van der Waals surface area contributed by atoms with E-state index < -0.39 is 11.8 Å². The first-order valence-electron chi connectivity index (χ1n) is 7.35. The zero-order valence-corrected chi connectivity index (χ0v) is 12.7. The largest absolute Gasteiger partial charge is 0.381 e. The predicted octanol–water partition coefficient (Wildman–Crippen LogP) is 1.67. The highest BCUT2D eigenvalue weighted by molar-refractivity contribution is 4.84. The van der Waals surface area contributed by atoms with Crippen molar-refractivity contribution in [2.24, 2.45) is 5.73 Å². The zero-order valence-electron chi connectivity index (χ0n) is 12.7. The molecule has 0 spiro atoms. The van der Waals surface area contributed by atoms with E-state index in [0.29, 0.717) is 19.8 Å². The van der Waals surface area contributed by atoms with Crippen molar-refractivity contribution in [3.63, 3.8) is 0 Å². The number of unbranched alkanes of at least 4 members (excludes halogenated alkanes) is 2. The molecule has 0 aliphatic carbocycles. The van der Waals surface area contributed by atoms with Crippen molar-refractivity contribution in [1.29, 1.82) is 0 Å². The number of aliphatic hydroxyl groups is 1. The Kier molecular flexibility index (Phi) is 11.5. The molecule has 0 aliphatic heterocycles. The third-order valence-electron chi connectivity index (χ3n) is 2.86. The summed E-state index contributed by atoms with van der Waals surface area (Å²) < 4.78 is 16.2. The van der Waals surface area contributed by atoms with Crippen LogP contribution in [-0.2, 0) is 14.2 Å². The summed E-state index contributed by atoms with van der Waals surface area (Å²) >= 11 is 0. The first kappa shape index (κ1) is 18.8. The Bertz CT molecular complexity index is 190. The van der Waals surface area contributed by atoms with Gasteiger partial charge in [-0.25, -0.2) is 0 Å². The molecule has 1 atom stereocenters. The average molecular weight is 277 g/mol. The van der Waals surface area contributed by atoms with Crippen molar-refractivity contribution >= 4 is 0 Å². The second-order valence-corrected chi connectivity index (χ2v) is 4.79. The third-order valence-corrected chi connectivity index (χ3v) is 2.86. The van der Waals surface area contributed by atoms with Crippen molar-refractivity contribution in [2.45, 2.75) is 58.3 Å². The lowest BCUT2D eigenvalue weighted by Crippen LogP contribution is -2.56. The number of hydrogen-bond donors (Lipinski definition) is 2. The fourth-order valence-corrected chi connectivity index (χ4v) is 1.53. The molecule has 0 aliphatic rings. The monoisotopic (exact) mass is 277 g/mol. The minimum Gasteiger partial charge on any atom is -0.381 e. The maximum Gasteiger partial charge on any atom is 0.150 e. The van der Waals surface area contributed by atoms with Crippen LogP contribution in [0, 0.1) is 0 Å². The molecule has 5 heteroatoms. The molecule has 0 amide bonds. The Balaban J connectivity index is 4.18. The van der Waals surface area contributed by atoms with Crippen molar-refractivity contribution in [3.05, 3.63) is 0 Å². The van der Waals surface area contributed by atoms with Crippen molar-refractivity contribution < 1.29 is 19.3 Å². The minimum absolute atomic E-state index is 0.139. The van der Waals surface area contributed by atoms with Gasteiger partial charge in [-0.1, -0.05) is 26.7 Å². The maximum atomic E-state index is 10.5. The molecule has 0 aromatic rings. The van der Waals surface area contributed by atoms with Gasteiger partial charge in [-0.15, -0.1) is 0 Å². The summed E-state index contributed by atoms with van der Waals surface area (Å²) in [5.74, 6) is 0. The molecule has 0 aromatic heterocycles. The summed E-state index contributed by atoms with van der Waals surface area (Å²) in [6, 6.07) is 0. The SMILES string of the molecule is CCCCOCC(O)(COCCCC)C(N)OCC. The molecule has 0 saturated carbocycles. The van der Waals surface area contributed by atoms with Gasteiger partial charge in [0.15, 0.2) is 5.60 Å². The van der Waals surface area contributed by atoms with Crippen LogP contribution in [0.2, 0.25) is 0 Å². The Hall–Kier alpha value is -0.200. The van der Waals surface area contributed by atoms with E-state index in [4.69, 9.17) is 19.9 Å². The molecule has 5 nitrogen and oxygen atoms in total. The number of ether oxygens (including phenoxy) is 3. The fourth-order valence-electron chi connectivity index (χ4n) is 1.53. The van der Waals surface area contributed by atoms with Crippen LogP contribution in [0.5, 0.6) is 0 Å². The fraction of sp³-hybridized carbons (Fsp3) is 1.00. The van der Waals surface area contributed by atoms with E-state index in [1.807, 2.05) is 6.92 Å². The van der Waals surface area contributed by atoms with Crippen LogP contribution < -0.4 is 5.73 Å². The molecule has 0 heterocycles. The average Bonchev–Trinajstić information content (AvgIpc) is 2.40. The smallest absolute Gasteiger partial charge is 0.150 e. The molecule has 0 saturated heterocycles. The Labute approximate surface area is 117 Å². The molecule has 19 heavy (non-hydrogen) atoms. The lowest BCUT2D eigenvalue weighted by molar-refractivity contribution is -0.169. The Morgan fingerprint density at radius 1 is 1.00 bits per heavy atom. The molecule has 0 rings (SSSR count). The number of rotatable bonds is 13. The normalized spacial score (nSPS) is 13.7. The van der Waals surface area contributed by atoms with E-state index >= 15 is 0 Å². The molecule has 1 unspecified atom stereocenters. The van der Waals surface area contributed by atoms with E-state index in [2.05, 4.69) is 13.8 Å². The van der Waals surface area contributed by atoms with Crippen LogP contribution in [0.25, 0.3) is 0 Å². The van der Waals surface area contributed by atoms with E-state index in [0.717, 1.165) is 25.7 Å². The molecule has 116 valence electrons. The van der Waals surface area contributed by atoms with E-state index in [-0.39, 0.29) is 13.2 Å². The van der Waals surface area contributed by atoms with Gasteiger partial charge in [0.05, 0.1) is 13.2 Å². The molecule has 0 fully saturated rings. The van der Waals surface area contributed by atoms with Crippen LogP contribution in [0.1, 0.15) is 46.5 Å². The highest BCUT2D eigenvalue weighted by atomic mass is 16.5. The molecule has 0 aromatic carbocycles. The van der Waals surface area contributed by atoms with Crippen LogP contribution >= 0.6 is 0 Å². The summed E-state index contributed by atoms with van der Waals surface area (Å²) in [6.07, 6.45) is 3.26. The van der Waals surface area contributed by atoms with Crippen molar-refractivity contribution in [2.75, 3.05) is 33.0 Å². The minimum atomic E-state index is -1.28. The van der Waals surface area contributed by atoms with Gasteiger partial charge in [0, 0.05) is 19.8 Å². The standard InChI is InChI=1S/C14H31NO4/c1-4-7-9-17-11-14(16,13(15)19-6-3)12-18-10-8-5-2/h13,16H,4-12,15H2,1-3H3. The van der Waals surface area contributed by atoms with E-state index in [1.54, 1.807) is 0 Å². The van der Waals surface area contributed by atoms with E-state index in [9.17, 15) is 5.11 Å². The van der Waals surface area contributed by atoms with Crippen molar-refractivity contribution in [3.8, 4) is 0 Å². The predicted molar refractivity (Wildman–Crippen MR) is 76.0 cm³/mol. The second-order valence-electron chi connectivity index (χ2n) is 4.79. The maximum absolute atomic E-state index is 10.5. The summed E-state index contributed by atoms with van der Waals surface area (Å²) in [5.41, 5.74) is 4.58. The zero-order chi connectivity index (χ0) is 14.6. The topological polar surface area (TPSA) is 73.9 Å². The van der Waals surface area contributed by atoms with Gasteiger partial charge in [0.2, 0.25) is 0 Å². The summed E-state index contributed by atoms with van der Waals surface area (Å²) in [6.45, 7) is 7.99. The van der Waals surface area contributed by atoms with Gasteiger partial charge in [-0.05, 0) is 19.8 Å². The number of nitrogens with two attached hydrogens (primary N) is 1. The van der Waals surface area contributed by atoms with Crippen LogP contribution in [0.3, 0.4) is 0 Å². The summed E-state index contributed by atoms with van der Waals surface area (Å²) in [5, 5.41) is 10.5. The quantitative estimate of drug-likeness (QED) is 0.396. The summed E-state index contributed by atoms with van der Waals surface area (Å²) in [7, 11) is 0. The van der Waals surface area contributed by atoms with Gasteiger partial charge in [0.1, 0.15) is 6.23 Å². The van der Waals surface area contributed by atoms with Gasteiger partial charge >= 0.3 is 0 Å². The first-order chi connectivity index (χ1) is 9.10. The third kappa shape index (κ3) is 8.55. The highest BCUT2D eigenvalue weighted by Crippen LogP contribution is 2.13. The van der Waals surface area contributed by atoms with Gasteiger partial charge in [-0.3, -0.25) is 0 Å². The lowest BCUT2D eigenvalue weighted by Gasteiger charge is -2.33. The van der Waals surface area contributed by atoms with Gasteiger partial charge in [-0.2, -0.15) is 0 Å². The lowest BCUT2D eigenvalue weighted by atomic mass is 10.1. The molecule has 0 radical (unpaired) electrons. The van der Waals surface area contributed by atoms with Crippen LogP contribution in [-0.4, -0.2) is 50.0 Å². The Morgan fingerprint density at radius 2 is 1.47 bits per heavy atom. The molecule has 0 bridgehead atoms.